The van der Waals surface area contributed by atoms with E-state index in [0.29, 0.717) is 38.4 Å². The van der Waals surface area contributed by atoms with Crippen molar-refractivity contribution < 1.29 is 19.8 Å². The molecule has 0 aliphatic carbocycles. The minimum Gasteiger partial charge on any atom is -0.412 e. The van der Waals surface area contributed by atoms with Crippen molar-refractivity contribution in [3.63, 3.8) is 0 Å². The molecule has 0 unspecified atom stereocenters. The van der Waals surface area contributed by atoms with Gasteiger partial charge < -0.3 is 15.5 Å². The molecule has 4 rings (SSSR count). The third-order valence-electron chi connectivity index (χ3n) is 6.11. The van der Waals surface area contributed by atoms with E-state index in [2.05, 4.69) is 4.98 Å². The summed E-state index contributed by atoms with van der Waals surface area (Å²) >= 11 is 0. The van der Waals surface area contributed by atoms with Gasteiger partial charge in [-0.25, -0.2) is 18.5 Å². The van der Waals surface area contributed by atoms with Gasteiger partial charge >= 0.3 is 11.4 Å². The fourth-order valence-corrected chi connectivity index (χ4v) is 4.21. The molecule has 1 saturated heterocycles. The van der Waals surface area contributed by atoms with Crippen molar-refractivity contribution in [1.29, 1.82) is 0 Å². The van der Waals surface area contributed by atoms with Gasteiger partial charge in [-0.1, -0.05) is 0 Å². The predicted octanol–water partition coefficient (Wildman–Crippen LogP) is 0.609. The molecule has 0 bridgehead atoms. The lowest BCUT2D eigenvalue weighted by atomic mass is 9.84. The normalized spacial score (nSPS) is 17.0. The highest BCUT2D eigenvalue weighted by Crippen LogP contribution is 2.26. The summed E-state index contributed by atoms with van der Waals surface area (Å²) < 4.78 is 15.8. The van der Waals surface area contributed by atoms with Crippen LogP contribution >= 0.6 is 24.8 Å². The number of benzene rings is 1. The Kier molecular flexibility index (Phi) is 10.4. The van der Waals surface area contributed by atoms with Gasteiger partial charge in [0.1, 0.15) is 17.2 Å². The topological polar surface area (TPSA) is 129 Å². The summed E-state index contributed by atoms with van der Waals surface area (Å²) in [6.07, 6.45) is 2.96. The quantitative estimate of drug-likeness (QED) is 0.591. The van der Waals surface area contributed by atoms with E-state index in [9.17, 15) is 23.9 Å². The summed E-state index contributed by atoms with van der Waals surface area (Å²) in [5, 5.41) is 10.8. The maximum Gasteiger partial charge on any atom is 0.353 e. The van der Waals surface area contributed by atoms with Gasteiger partial charge in [-0.15, -0.1) is 24.8 Å². The molecule has 0 spiro atoms. The van der Waals surface area contributed by atoms with Crippen molar-refractivity contribution >= 4 is 30.6 Å². The zero-order valence-electron chi connectivity index (χ0n) is 18.0. The first kappa shape index (κ1) is 28.9. The molecule has 1 aromatic heterocycles. The van der Waals surface area contributed by atoms with Gasteiger partial charge in [-0.05, 0) is 49.9 Å². The van der Waals surface area contributed by atoms with Crippen LogP contribution in [-0.2, 0) is 19.5 Å². The van der Waals surface area contributed by atoms with Crippen LogP contribution in [0.5, 0.6) is 0 Å². The fraction of sp³-hybridized carbons (Fsp3) is 0.524. The minimum absolute atomic E-state index is 0. The van der Waals surface area contributed by atoms with Crippen molar-refractivity contribution in [2.24, 2.45) is 0 Å². The number of Topliss-reactive ketones (excluding diaryl/α,β-unsaturated/α-hetero) is 1. The number of nitrogens with zero attached hydrogens (tertiary/aromatic N) is 4. The van der Waals surface area contributed by atoms with Crippen LogP contribution in [0.3, 0.4) is 0 Å². The summed E-state index contributed by atoms with van der Waals surface area (Å²) in [6.45, 7) is 2.17. The van der Waals surface area contributed by atoms with Gasteiger partial charge in [0.05, 0.1) is 0 Å². The lowest BCUT2D eigenvalue weighted by Crippen LogP contribution is -2.51. The lowest BCUT2D eigenvalue weighted by molar-refractivity contribution is -0.00693. The number of hydrogen-bond donors (Lipinski definition) is 1. The number of halogens is 3. The van der Waals surface area contributed by atoms with Crippen molar-refractivity contribution in [2.45, 2.75) is 50.8 Å². The summed E-state index contributed by atoms with van der Waals surface area (Å²) in [6, 6.07) is 5.17. The Morgan fingerprint density at radius 2 is 1.67 bits per heavy atom. The largest absolute Gasteiger partial charge is 0.412 e. The average Bonchev–Trinajstić information content (AvgIpc) is 2.75. The Labute approximate surface area is 202 Å². The van der Waals surface area contributed by atoms with Gasteiger partial charge in [-0.3, -0.25) is 9.36 Å². The van der Waals surface area contributed by atoms with E-state index in [0.717, 1.165) is 12.8 Å². The first-order chi connectivity index (χ1) is 14.4. The minimum atomic E-state index is -1.49. The van der Waals surface area contributed by atoms with Crippen LogP contribution in [0.2, 0.25) is 0 Å². The number of fused-ring (bicyclic) bond motifs is 1. The number of aryl methyl sites for hydroxylation is 1. The molecule has 33 heavy (non-hydrogen) atoms. The van der Waals surface area contributed by atoms with Gasteiger partial charge in [0.15, 0.2) is 5.78 Å². The van der Waals surface area contributed by atoms with Crippen LogP contribution in [0.25, 0.3) is 0 Å². The number of piperidine rings is 1. The molecule has 2 aliphatic heterocycles. The third-order valence-corrected chi connectivity index (χ3v) is 6.11. The van der Waals surface area contributed by atoms with E-state index in [-0.39, 0.29) is 60.9 Å². The second-order valence-corrected chi connectivity index (χ2v) is 8.06. The van der Waals surface area contributed by atoms with Crippen molar-refractivity contribution in [1.82, 2.24) is 19.0 Å². The second-order valence-electron chi connectivity index (χ2n) is 8.06. The van der Waals surface area contributed by atoms with E-state index in [1.165, 1.54) is 28.8 Å². The van der Waals surface area contributed by atoms with Crippen LogP contribution in [0.4, 0.5) is 4.39 Å². The molecule has 9 nitrogen and oxygen atoms in total. The molecule has 0 amide bonds. The molecule has 184 valence electrons. The summed E-state index contributed by atoms with van der Waals surface area (Å²) in [4.78, 5) is 43.6. The predicted molar refractivity (Wildman–Crippen MR) is 125 cm³/mol. The van der Waals surface area contributed by atoms with Crippen molar-refractivity contribution in [3.05, 3.63) is 62.4 Å². The standard InChI is InChI=1S/C21H25FN4O4.2ClH.H2O/c22-16-6-4-15(5-7-16)18(27)21(30)8-11-24(12-9-21)13-14-26-19(28)23-17-3-1-2-10-25(17)20(26)29;;;/h4-7,30H,1-3,8-14H2;2*1H;1H2. The number of ketones is 1. The van der Waals surface area contributed by atoms with Crippen LogP contribution < -0.4 is 11.4 Å². The number of rotatable bonds is 5. The van der Waals surface area contributed by atoms with Crippen LogP contribution in [0.1, 0.15) is 41.9 Å². The Morgan fingerprint density at radius 3 is 2.30 bits per heavy atom. The monoisotopic (exact) mass is 506 g/mol. The SMILES string of the molecule is Cl.Cl.O.O=C(c1ccc(F)cc1)C1(O)CCN(CCn2c(=O)nc3n(c2=O)CCCC3)CC1. The highest BCUT2D eigenvalue weighted by Gasteiger charge is 2.39. The molecule has 3 N–H and O–H groups in total. The molecule has 2 aliphatic rings. The van der Waals surface area contributed by atoms with Crippen LogP contribution in [-0.4, -0.2) is 60.6 Å². The lowest BCUT2D eigenvalue weighted by Gasteiger charge is -2.37. The maximum atomic E-state index is 13.1. The summed E-state index contributed by atoms with van der Waals surface area (Å²) in [7, 11) is 0. The molecule has 12 heteroatoms. The van der Waals surface area contributed by atoms with E-state index in [1.54, 1.807) is 4.57 Å². The second kappa shape index (κ2) is 11.8. The molecule has 0 atom stereocenters. The number of carbonyl (C=O) groups excluding carboxylic acids is 1. The number of likely N-dealkylation sites (tertiary alicyclic amines) is 1. The average molecular weight is 507 g/mol. The molecule has 0 radical (unpaired) electrons. The highest BCUT2D eigenvalue weighted by molar-refractivity contribution is 6.02. The molecule has 1 aromatic carbocycles. The Hall–Kier alpha value is -2.11. The molecule has 2 aromatic rings. The number of hydrogen-bond acceptors (Lipinski definition) is 6. The fourth-order valence-electron chi connectivity index (χ4n) is 4.21. The van der Waals surface area contributed by atoms with Gasteiger partial charge in [0, 0.05) is 44.7 Å². The molecule has 1 fully saturated rings. The van der Waals surface area contributed by atoms with Gasteiger partial charge in [0.2, 0.25) is 0 Å². The first-order valence-corrected chi connectivity index (χ1v) is 10.3. The highest BCUT2D eigenvalue weighted by atomic mass is 35.5. The summed E-state index contributed by atoms with van der Waals surface area (Å²) in [5.41, 5.74) is -2.04. The van der Waals surface area contributed by atoms with E-state index >= 15 is 0 Å². The maximum absolute atomic E-state index is 13.1. The molecular weight excluding hydrogens is 478 g/mol. The van der Waals surface area contributed by atoms with Crippen molar-refractivity contribution in [3.8, 4) is 0 Å². The van der Waals surface area contributed by atoms with E-state index in [4.69, 9.17) is 0 Å². The number of carbonyl (C=O) groups is 1. The molecule has 0 saturated carbocycles. The van der Waals surface area contributed by atoms with E-state index < -0.39 is 22.9 Å². The Bertz CT molecular complexity index is 1070. The zero-order chi connectivity index (χ0) is 21.3. The summed E-state index contributed by atoms with van der Waals surface area (Å²) in [5.74, 6) is -0.276. The first-order valence-electron chi connectivity index (χ1n) is 10.3. The van der Waals surface area contributed by atoms with Crippen LogP contribution in [0, 0.1) is 5.82 Å². The number of aliphatic hydroxyl groups is 1. The Morgan fingerprint density at radius 1 is 1.03 bits per heavy atom. The van der Waals surface area contributed by atoms with E-state index in [1.807, 2.05) is 4.90 Å². The molecular formula is C21H29Cl2FN4O5. The third kappa shape index (κ3) is 6.07. The molecule has 3 heterocycles. The number of aromatic nitrogens is 3. The van der Waals surface area contributed by atoms with Crippen LogP contribution in [0.15, 0.2) is 33.9 Å². The smallest absolute Gasteiger partial charge is 0.353 e. The Balaban J connectivity index is 0.00000181. The van der Waals surface area contributed by atoms with Crippen molar-refractivity contribution in [2.75, 3.05) is 19.6 Å². The van der Waals surface area contributed by atoms with Gasteiger partial charge in [-0.2, -0.15) is 4.98 Å². The van der Waals surface area contributed by atoms with Gasteiger partial charge in [0.25, 0.3) is 0 Å². The zero-order valence-corrected chi connectivity index (χ0v) is 19.7.